The molecule has 0 saturated carbocycles. The SMILES string of the molecule is O=S(=O)(Cc1ccccc1F)N1CCCC1c1ccc2c(c1)OCO2. The van der Waals surface area contributed by atoms with Crippen molar-refractivity contribution in [2.45, 2.75) is 24.6 Å². The second-order valence-corrected chi connectivity index (χ2v) is 8.15. The number of benzene rings is 2. The quantitative estimate of drug-likeness (QED) is 0.837. The number of ether oxygens (including phenoxy) is 2. The third kappa shape index (κ3) is 3.09. The lowest BCUT2D eigenvalue weighted by atomic mass is 10.0. The first-order chi connectivity index (χ1) is 12.0. The van der Waals surface area contributed by atoms with Gasteiger partial charge in [-0.2, -0.15) is 4.31 Å². The van der Waals surface area contributed by atoms with Crippen LogP contribution in [0.15, 0.2) is 42.5 Å². The lowest BCUT2D eigenvalue weighted by Gasteiger charge is -2.24. The van der Waals surface area contributed by atoms with Crippen molar-refractivity contribution in [2.75, 3.05) is 13.3 Å². The summed E-state index contributed by atoms with van der Waals surface area (Å²) < 4.78 is 51.8. The number of hydrogen-bond donors (Lipinski definition) is 0. The molecule has 1 saturated heterocycles. The maximum absolute atomic E-state index is 13.9. The average molecular weight is 363 g/mol. The summed E-state index contributed by atoms with van der Waals surface area (Å²) >= 11 is 0. The van der Waals surface area contributed by atoms with E-state index in [4.69, 9.17) is 9.47 Å². The van der Waals surface area contributed by atoms with E-state index in [1.54, 1.807) is 18.2 Å². The zero-order valence-electron chi connectivity index (χ0n) is 13.5. The van der Waals surface area contributed by atoms with Crippen molar-refractivity contribution in [1.29, 1.82) is 0 Å². The summed E-state index contributed by atoms with van der Waals surface area (Å²) in [5, 5.41) is 0. The van der Waals surface area contributed by atoms with Crippen LogP contribution in [0.1, 0.15) is 30.0 Å². The Morgan fingerprint density at radius 2 is 1.92 bits per heavy atom. The Bertz CT molecular complexity index is 900. The van der Waals surface area contributed by atoms with Crippen LogP contribution in [0, 0.1) is 5.82 Å². The first kappa shape index (κ1) is 16.4. The smallest absolute Gasteiger partial charge is 0.231 e. The van der Waals surface area contributed by atoms with Gasteiger partial charge in [0.1, 0.15) is 5.82 Å². The highest BCUT2D eigenvalue weighted by Crippen LogP contribution is 2.40. The van der Waals surface area contributed by atoms with Crippen LogP contribution in [0.5, 0.6) is 11.5 Å². The minimum Gasteiger partial charge on any atom is -0.454 e. The van der Waals surface area contributed by atoms with Gasteiger partial charge >= 0.3 is 0 Å². The van der Waals surface area contributed by atoms with Crippen molar-refractivity contribution in [3.05, 3.63) is 59.4 Å². The fourth-order valence-electron chi connectivity index (χ4n) is 3.42. The molecule has 2 heterocycles. The summed E-state index contributed by atoms with van der Waals surface area (Å²) in [4.78, 5) is 0. The van der Waals surface area contributed by atoms with Crippen LogP contribution in [0.3, 0.4) is 0 Å². The van der Waals surface area contributed by atoms with Gasteiger partial charge in [-0.3, -0.25) is 0 Å². The Kier molecular flexibility index (Phi) is 4.13. The maximum Gasteiger partial charge on any atom is 0.231 e. The van der Waals surface area contributed by atoms with Crippen LogP contribution in [0.2, 0.25) is 0 Å². The second-order valence-electron chi connectivity index (χ2n) is 6.23. The van der Waals surface area contributed by atoms with E-state index in [9.17, 15) is 12.8 Å². The molecule has 4 rings (SSSR count). The van der Waals surface area contributed by atoms with E-state index >= 15 is 0 Å². The van der Waals surface area contributed by atoms with Gasteiger partial charge in [-0.25, -0.2) is 12.8 Å². The highest BCUT2D eigenvalue weighted by atomic mass is 32.2. The summed E-state index contributed by atoms with van der Waals surface area (Å²) in [6.45, 7) is 0.620. The van der Waals surface area contributed by atoms with Gasteiger partial charge in [0.2, 0.25) is 16.8 Å². The largest absolute Gasteiger partial charge is 0.454 e. The minimum atomic E-state index is -3.63. The molecule has 0 amide bonds. The highest BCUT2D eigenvalue weighted by molar-refractivity contribution is 7.88. The van der Waals surface area contributed by atoms with Gasteiger partial charge in [0, 0.05) is 18.2 Å². The Labute approximate surface area is 146 Å². The zero-order valence-corrected chi connectivity index (χ0v) is 14.3. The number of rotatable bonds is 4. The molecule has 0 aromatic heterocycles. The first-order valence-electron chi connectivity index (χ1n) is 8.17. The van der Waals surface area contributed by atoms with Crippen molar-refractivity contribution in [1.82, 2.24) is 4.31 Å². The van der Waals surface area contributed by atoms with Crippen molar-refractivity contribution in [3.8, 4) is 11.5 Å². The predicted molar refractivity (Wildman–Crippen MR) is 90.3 cm³/mol. The van der Waals surface area contributed by atoms with Crippen LogP contribution in [-0.4, -0.2) is 26.1 Å². The molecule has 132 valence electrons. The van der Waals surface area contributed by atoms with Gasteiger partial charge in [-0.05, 0) is 36.6 Å². The van der Waals surface area contributed by atoms with Gasteiger partial charge in [-0.15, -0.1) is 0 Å². The van der Waals surface area contributed by atoms with Gasteiger partial charge in [-0.1, -0.05) is 24.3 Å². The third-order valence-electron chi connectivity index (χ3n) is 4.64. The number of fused-ring (bicyclic) bond motifs is 1. The molecule has 0 bridgehead atoms. The van der Waals surface area contributed by atoms with E-state index in [1.807, 2.05) is 12.1 Å². The first-order valence-corrected chi connectivity index (χ1v) is 9.78. The van der Waals surface area contributed by atoms with E-state index in [0.29, 0.717) is 18.0 Å². The lowest BCUT2D eigenvalue weighted by Crippen LogP contribution is -2.32. The fraction of sp³-hybridized carbons (Fsp3) is 0.333. The highest BCUT2D eigenvalue weighted by Gasteiger charge is 2.36. The topological polar surface area (TPSA) is 55.8 Å². The van der Waals surface area contributed by atoms with Crippen LogP contribution < -0.4 is 9.47 Å². The maximum atomic E-state index is 13.9. The van der Waals surface area contributed by atoms with Crippen molar-refractivity contribution in [3.63, 3.8) is 0 Å². The number of nitrogens with zero attached hydrogens (tertiary/aromatic N) is 1. The number of sulfonamides is 1. The van der Waals surface area contributed by atoms with E-state index < -0.39 is 15.8 Å². The molecule has 1 atom stereocenters. The third-order valence-corrected chi connectivity index (χ3v) is 6.47. The molecule has 0 radical (unpaired) electrons. The molecular weight excluding hydrogens is 345 g/mol. The average Bonchev–Trinajstić information content (AvgIpc) is 3.25. The normalized spacial score (nSPS) is 20.1. The van der Waals surface area contributed by atoms with Gasteiger partial charge in [0.15, 0.2) is 11.5 Å². The van der Waals surface area contributed by atoms with Crippen molar-refractivity contribution in [2.24, 2.45) is 0 Å². The Morgan fingerprint density at radius 3 is 2.76 bits per heavy atom. The monoisotopic (exact) mass is 363 g/mol. The van der Waals surface area contributed by atoms with Crippen LogP contribution in [0.4, 0.5) is 4.39 Å². The molecule has 25 heavy (non-hydrogen) atoms. The van der Waals surface area contributed by atoms with E-state index in [1.165, 1.54) is 16.4 Å². The molecule has 7 heteroatoms. The molecule has 5 nitrogen and oxygen atoms in total. The van der Waals surface area contributed by atoms with Crippen LogP contribution >= 0.6 is 0 Å². The van der Waals surface area contributed by atoms with E-state index in [2.05, 4.69) is 0 Å². The number of halogens is 1. The zero-order chi connectivity index (χ0) is 17.4. The summed E-state index contributed by atoms with van der Waals surface area (Å²) in [6.07, 6.45) is 1.51. The molecule has 1 fully saturated rings. The molecule has 0 N–H and O–H groups in total. The molecule has 1 unspecified atom stereocenters. The van der Waals surface area contributed by atoms with Gasteiger partial charge < -0.3 is 9.47 Å². The Hall–Kier alpha value is -2.12. The van der Waals surface area contributed by atoms with Crippen molar-refractivity contribution < 1.29 is 22.3 Å². The van der Waals surface area contributed by atoms with Crippen LogP contribution in [-0.2, 0) is 15.8 Å². The van der Waals surface area contributed by atoms with E-state index in [-0.39, 0.29) is 24.2 Å². The molecular formula is C18H18FNO4S. The van der Waals surface area contributed by atoms with Crippen molar-refractivity contribution >= 4 is 10.0 Å². The lowest BCUT2D eigenvalue weighted by molar-refractivity contribution is 0.174. The molecule has 2 aliphatic rings. The minimum absolute atomic E-state index is 0.179. The summed E-state index contributed by atoms with van der Waals surface area (Å²) in [5.41, 5.74) is 1.07. The summed E-state index contributed by atoms with van der Waals surface area (Å²) in [5.74, 6) is 0.476. The molecule has 0 spiro atoms. The molecule has 2 aliphatic heterocycles. The molecule has 2 aromatic rings. The molecule has 2 aromatic carbocycles. The standard InChI is InChI=1S/C18H18FNO4S/c19-15-5-2-1-4-14(15)11-25(21,22)20-9-3-6-16(20)13-7-8-17-18(10-13)24-12-23-17/h1-2,4-5,7-8,10,16H,3,6,9,11-12H2. The Balaban J connectivity index is 1.61. The number of hydrogen-bond acceptors (Lipinski definition) is 4. The van der Waals surface area contributed by atoms with E-state index in [0.717, 1.165) is 18.4 Å². The predicted octanol–water partition coefficient (Wildman–Crippen LogP) is 3.22. The summed E-state index contributed by atoms with van der Waals surface area (Å²) in [6, 6.07) is 11.2. The fourth-order valence-corrected chi connectivity index (χ4v) is 5.24. The van der Waals surface area contributed by atoms with Crippen LogP contribution in [0.25, 0.3) is 0 Å². The Morgan fingerprint density at radius 1 is 1.12 bits per heavy atom. The van der Waals surface area contributed by atoms with Gasteiger partial charge in [0.05, 0.1) is 5.75 Å². The summed E-state index contributed by atoms with van der Waals surface area (Å²) in [7, 11) is -3.63. The second kappa shape index (κ2) is 6.31. The van der Waals surface area contributed by atoms with Gasteiger partial charge in [0.25, 0.3) is 0 Å². The molecule has 0 aliphatic carbocycles.